The van der Waals surface area contributed by atoms with Crippen LogP contribution in [0.1, 0.15) is 35.7 Å². The van der Waals surface area contributed by atoms with E-state index in [0.29, 0.717) is 19.0 Å². The molecule has 184 valence electrons. The summed E-state index contributed by atoms with van der Waals surface area (Å²) in [5.41, 5.74) is 5.15. The van der Waals surface area contributed by atoms with Crippen molar-refractivity contribution in [3.63, 3.8) is 0 Å². The Morgan fingerprint density at radius 1 is 1.31 bits per heavy atom. The maximum Gasteiger partial charge on any atom is 0.341 e. The van der Waals surface area contributed by atoms with Gasteiger partial charge in [-0.2, -0.15) is 4.98 Å². The molecule has 1 saturated heterocycles. The number of ether oxygens (including phenoxy) is 1. The van der Waals surface area contributed by atoms with Crippen molar-refractivity contribution in [2.75, 3.05) is 25.1 Å². The molecule has 2 N–H and O–H groups in total. The first-order valence-corrected chi connectivity index (χ1v) is 11.2. The van der Waals surface area contributed by atoms with E-state index < -0.39 is 23.0 Å². The maximum absolute atomic E-state index is 14.5. The van der Waals surface area contributed by atoms with Gasteiger partial charge in [-0.05, 0) is 31.4 Å². The maximum atomic E-state index is 14.5. The van der Waals surface area contributed by atoms with Crippen molar-refractivity contribution in [3.05, 3.63) is 56.0 Å². The van der Waals surface area contributed by atoms with E-state index in [1.54, 1.807) is 11.5 Å². The Kier molecular flexibility index (Phi) is 6.75. The van der Waals surface area contributed by atoms with Gasteiger partial charge in [0, 0.05) is 26.2 Å². The molecule has 0 aliphatic carbocycles. The zero-order valence-corrected chi connectivity index (χ0v) is 19.9. The van der Waals surface area contributed by atoms with Gasteiger partial charge < -0.3 is 15.4 Å². The molecule has 2 aromatic heterocycles. The third kappa shape index (κ3) is 4.33. The Bertz CT molecular complexity index is 1480. The molecule has 1 aromatic carbocycles. The minimum absolute atomic E-state index is 0.0283. The standard InChI is InChI=1S/C24H27FN6O4/c1-4-5-12-30-19-20(27-23(30)29-11-7-9-16(26)14-29)28(2)24(34)31(21(19)32)13-15-8-6-10-17(25)18(15)22(33)35-3/h6,8,10,16H,7,9,11-14,26H2,1-3H3/t16-/m1/s1. The molecule has 3 heterocycles. The summed E-state index contributed by atoms with van der Waals surface area (Å²) >= 11 is 0. The molecule has 4 rings (SSSR count). The SMILES string of the molecule is CC#CCn1c(N2CCC[C@@H](N)C2)nc2c1c(=O)n(Cc1cccc(F)c1C(=O)OC)c(=O)n2C. The summed E-state index contributed by atoms with van der Waals surface area (Å²) in [6.45, 7) is 2.84. The smallest absolute Gasteiger partial charge is 0.341 e. The fraction of sp³-hybridized carbons (Fsp3) is 0.417. The van der Waals surface area contributed by atoms with E-state index in [4.69, 9.17) is 10.5 Å². The van der Waals surface area contributed by atoms with Crippen molar-refractivity contribution in [1.82, 2.24) is 18.7 Å². The van der Waals surface area contributed by atoms with Crippen molar-refractivity contribution in [2.45, 2.75) is 38.9 Å². The average Bonchev–Trinajstić information content (AvgIpc) is 3.23. The van der Waals surface area contributed by atoms with Crippen LogP contribution >= 0.6 is 0 Å². The first-order valence-electron chi connectivity index (χ1n) is 11.2. The van der Waals surface area contributed by atoms with Gasteiger partial charge in [0.05, 0.1) is 20.2 Å². The Morgan fingerprint density at radius 2 is 2.09 bits per heavy atom. The molecule has 1 atom stereocenters. The zero-order chi connectivity index (χ0) is 25.3. The van der Waals surface area contributed by atoms with Gasteiger partial charge >= 0.3 is 11.7 Å². The second-order valence-corrected chi connectivity index (χ2v) is 8.44. The van der Waals surface area contributed by atoms with Gasteiger partial charge in [0.25, 0.3) is 5.56 Å². The fourth-order valence-electron chi connectivity index (χ4n) is 4.44. The van der Waals surface area contributed by atoms with Crippen LogP contribution in [0.5, 0.6) is 0 Å². The van der Waals surface area contributed by atoms with Gasteiger partial charge in [0.15, 0.2) is 11.2 Å². The van der Waals surface area contributed by atoms with Gasteiger partial charge in [0.2, 0.25) is 5.95 Å². The number of benzene rings is 1. The first kappa shape index (κ1) is 24.2. The van der Waals surface area contributed by atoms with E-state index in [1.165, 1.54) is 23.7 Å². The average molecular weight is 483 g/mol. The number of nitrogens with zero attached hydrogens (tertiary/aromatic N) is 5. The van der Waals surface area contributed by atoms with Gasteiger partial charge in [-0.15, -0.1) is 5.92 Å². The summed E-state index contributed by atoms with van der Waals surface area (Å²) in [6, 6.07) is 3.98. The van der Waals surface area contributed by atoms with Crippen molar-refractivity contribution in [2.24, 2.45) is 12.8 Å². The molecule has 10 nitrogen and oxygen atoms in total. The van der Waals surface area contributed by atoms with E-state index in [-0.39, 0.29) is 41.4 Å². The highest BCUT2D eigenvalue weighted by Crippen LogP contribution is 2.23. The number of methoxy groups -OCH3 is 1. The summed E-state index contributed by atoms with van der Waals surface area (Å²) < 4.78 is 23.1. The van der Waals surface area contributed by atoms with E-state index in [2.05, 4.69) is 16.8 Å². The predicted molar refractivity (Wildman–Crippen MR) is 129 cm³/mol. The van der Waals surface area contributed by atoms with E-state index >= 15 is 0 Å². The molecule has 0 spiro atoms. The van der Waals surface area contributed by atoms with Crippen LogP contribution in [0.25, 0.3) is 11.2 Å². The lowest BCUT2D eigenvalue weighted by Gasteiger charge is -2.31. The van der Waals surface area contributed by atoms with Crippen LogP contribution in [0.15, 0.2) is 27.8 Å². The Balaban J connectivity index is 1.94. The molecule has 0 saturated carbocycles. The minimum atomic E-state index is -0.893. The van der Waals surface area contributed by atoms with Crippen LogP contribution in [0, 0.1) is 17.7 Å². The van der Waals surface area contributed by atoms with Gasteiger partial charge in [0.1, 0.15) is 11.4 Å². The lowest BCUT2D eigenvalue weighted by molar-refractivity contribution is 0.0594. The monoisotopic (exact) mass is 482 g/mol. The van der Waals surface area contributed by atoms with E-state index in [0.717, 1.165) is 30.6 Å². The Morgan fingerprint density at radius 3 is 2.77 bits per heavy atom. The molecule has 1 aliphatic heterocycles. The lowest BCUT2D eigenvalue weighted by Crippen LogP contribution is -2.44. The minimum Gasteiger partial charge on any atom is -0.465 e. The second kappa shape index (κ2) is 9.76. The number of imidazole rings is 1. The summed E-state index contributed by atoms with van der Waals surface area (Å²) in [6.07, 6.45) is 1.77. The Hall–Kier alpha value is -3.91. The van der Waals surface area contributed by atoms with Crippen molar-refractivity contribution >= 4 is 23.1 Å². The third-order valence-electron chi connectivity index (χ3n) is 6.18. The van der Waals surface area contributed by atoms with Crippen LogP contribution in [0.2, 0.25) is 0 Å². The highest BCUT2D eigenvalue weighted by atomic mass is 19.1. The van der Waals surface area contributed by atoms with Gasteiger partial charge in [-0.25, -0.2) is 14.0 Å². The van der Waals surface area contributed by atoms with Crippen molar-refractivity contribution in [1.29, 1.82) is 0 Å². The van der Waals surface area contributed by atoms with Gasteiger partial charge in [-0.1, -0.05) is 18.1 Å². The number of carbonyl (C=O) groups is 1. The molecule has 3 aromatic rings. The largest absolute Gasteiger partial charge is 0.465 e. The number of aromatic nitrogens is 4. The van der Waals surface area contributed by atoms with E-state index in [9.17, 15) is 18.8 Å². The van der Waals surface area contributed by atoms with Crippen LogP contribution in [0.4, 0.5) is 10.3 Å². The number of nitrogens with two attached hydrogens (primary N) is 1. The van der Waals surface area contributed by atoms with Crippen molar-refractivity contribution < 1.29 is 13.9 Å². The zero-order valence-electron chi connectivity index (χ0n) is 19.9. The summed E-state index contributed by atoms with van der Waals surface area (Å²) in [4.78, 5) is 45.7. The molecule has 0 bridgehead atoms. The number of rotatable bonds is 5. The summed E-state index contributed by atoms with van der Waals surface area (Å²) in [7, 11) is 2.65. The van der Waals surface area contributed by atoms with Crippen LogP contribution in [0.3, 0.4) is 0 Å². The molecule has 11 heteroatoms. The number of hydrogen-bond donors (Lipinski definition) is 1. The first-order chi connectivity index (χ1) is 16.8. The highest BCUT2D eigenvalue weighted by molar-refractivity contribution is 5.91. The topological polar surface area (TPSA) is 117 Å². The number of carbonyl (C=O) groups excluding carboxylic acids is 1. The fourth-order valence-corrected chi connectivity index (χ4v) is 4.44. The molecule has 0 radical (unpaired) electrons. The third-order valence-corrected chi connectivity index (χ3v) is 6.18. The summed E-state index contributed by atoms with van der Waals surface area (Å²) in [5.74, 6) is 4.63. The normalized spacial score (nSPS) is 15.7. The van der Waals surface area contributed by atoms with Crippen LogP contribution in [-0.2, 0) is 24.9 Å². The number of anilines is 1. The Labute approximate surface area is 200 Å². The van der Waals surface area contributed by atoms with Gasteiger partial charge in [-0.3, -0.25) is 18.5 Å². The van der Waals surface area contributed by atoms with Crippen molar-refractivity contribution in [3.8, 4) is 11.8 Å². The van der Waals surface area contributed by atoms with E-state index in [1.807, 2.05) is 4.90 Å². The number of fused-ring (bicyclic) bond motifs is 1. The summed E-state index contributed by atoms with van der Waals surface area (Å²) in [5, 5.41) is 0. The number of esters is 1. The van der Waals surface area contributed by atoms with Crippen LogP contribution < -0.4 is 21.9 Å². The second-order valence-electron chi connectivity index (χ2n) is 8.44. The molecule has 0 unspecified atom stereocenters. The molecule has 0 amide bonds. The lowest BCUT2D eigenvalue weighted by atomic mass is 10.1. The predicted octanol–water partition coefficient (Wildman–Crippen LogP) is 0.822. The van der Waals surface area contributed by atoms with Crippen LogP contribution in [-0.4, -0.2) is 50.9 Å². The molecular weight excluding hydrogens is 455 g/mol. The highest BCUT2D eigenvalue weighted by Gasteiger charge is 2.27. The molecular formula is C24H27FN6O4. The number of halogens is 1. The number of aryl methyl sites for hydroxylation is 1. The number of hydrogen-bond acceptors (Lipinski definition) is 7. The molecule has 1 aliphatic rings. The quantitative estimate of drug-likeness (QED) is 0.423. The molecule has 35 heavy (non-hydrogen) atoms. The molecule has 1 fully saturated rings. The number of piperidine rings is 1.